The van der Waals surface area contributed by atoms with Crippen LogP contribution < -0.4 is 14.5 Å². The monoisotopic (exact) mass is 529 g/mol. The zero-order valence-corrected chi connectivity index (χ0v) is 22.1. The van der Waals surface area contributed by atoms with Gasteiger partial charge in [-0.2, -0.15) is 0 Å². The van der Waals surface area contributed by atoms with Crippen molar-refractivity contribution in [3.8, 4) is 5.75 Å². The quantitative estimate of drug-likeness (QED) is 0.369. The molecule has 6 rings (SSSR count). The number of hydrogen-bond acceptors (Lipinski definition) is 4. The fraction of sp³-hybridized carbons (Fsp3) is 0.379. The van der Waals surface area contributed by atoms with Gasteiger partial charge in [0.05, 0.1) is 11.4 Å². The molecule has 3 aromatic carbocycles. The second-order valence-electron chi connectivity index (χ2n) is 9.76. The third-order valence-electron chi connectivity index (χ3n) is 7.53. The minimum Gasteiger partial charge on any atom is -0.487 e. The maximum absolute atomic E-state index is 14.3. The lowest BCUT2D eigenvalue weighted by molar-refractivity contribution is 0.310. The lowest BCUT2D eigenvalue weighted by atomic mass is 10.1. The number of hydrogen-bond donors (Lipinski definition) is 0. The summed E-state index contributed by atoms with van der Waals surface area (Å²) in [5.41, 5.74) is 5.80. The van der Waals surface area contributed by atoms with Gasteiger partial charge in [-0.25, -0.2) is 4.39 Å². The third kappa shape index (κ3) is 5.44. The number of halogens is 3. The molecule has 3 aliphatic rings. The molecule has 3 aromatic rings. The molecule has 192 valence electrons. The number of likely N-dealkylation sites (tertiary alicyclic amines) is 1. The van der Waals surface area contributed by atoms with Crippen molar-refractivity contribution < 1.29 is 9.13 Å². The summed E-state index contributed by atoms with van der Waals surface area (Å²) < 4.78 is 20.4. The summed E-state index contributed by atoms with van der Waals surface area (Å²) in [5.74, 6) is 0.673. The largest absolute Gasteiger partial charge is 0.487 e. The van der Waals surface area contributed by atoms with Crippen molar-refractivity contribution in [3.05, 3.63) is 83.7 Å². The maximum atomic E-state index is 14.3. The molecule has 0 amide bonds. The first-order chi connectivity index (χ1) is 16.7. The second-order valence-corrected chi connectivity index (χ2v) is 9.76. The van der Waals surface area contributed by atoms with E-state index in [0.717, 1.165) is 55.2 Å². The van der Waals surface area contributed by atoms with Gasteiger partial charge in [-0.1, -0.05) is 30.3 Å². The Morgan fingerprint density at radius 2 is 1.69 bits per heavy atom. The molecular weight excluding hydrogens is 496 g/mol. The smallest absolute Gasteiger partial charge is 0.143 e. The molecule has 3 heterocycles. The van der Waals surface area contributed by atoms with E-state index < -0.39 is 0 Å². The molecule has 0 bridgehead atoms. The molecule has 0 radical (unpaired) electrons. The van der Waals surface area contributed by atoms with Gasteiger partial charge in [-0.15, -0.1) is 24.8 Å². The van der Waals surface area contributed by atoms with Gasteiger partial charge in [-0.05, 0) is 67.6 Å². The van der Waals surface area contributed by atoms with Crippen LogP contribution in [0.2, 0.25) is 0 Å². The Bertz CT molecular complexity index is 1170. The van der Waals surface area contributed by atoms with Crippen molar-refractivity contribution in [1.29, 1.82) is 0 Å². The average Bonchev–Trinajstić information content (AvgIpc) is 3.54. The van der Waals surface area contributed by atoms with Crippen molar-refractivity contribution in [2.75, 3.05) is 42.5 Å². The van der Waals surface area contributed by atoms with Gasteiger partial charge in [0, 0.05) is 50.0 Å². The summed E-state index contributed by atoms with van der Waals surface area (Å²) in [7, 11) is 0. The number of para-hydroxylation sites is 2. The number of benzene rings is 3. The molecule has 0 saturated carbocycles. The molecule has 2 fully saturated rings. The van der Waals surface area contributed by atoms with E-state index in [1.807, 2.05) is 24.3 Å². The zero-order valence-electron chi connectivity index (χ0n) is 20.4. The highest BCUT2D eigenvalue weighted by Gasteiger charge is 2.33. The van der Waals surface area contributed by atoms with Gasteiger partial charge in [0.15, 0.2) is 0 Å². The lowest BCUT2D eigenvalue weighted by Crippen LogP contribution is -2.35. The highest BCUT2D eigenvalue weighted by molar-refractivity contribution is 5.85. The molecule has 3 aliphatic heterocycles. The Morgan fingerprint density at radius 3 is 2.56 bits per heavy atom. The molecule has 0 spiro atoms. The maximum Gasteiger partial charge on any atom is 0.143 e. The first-order valence-electron chi connectivity index (χ1n) is 12.6. The predicted molar refractivity (Wildman–Crippen MR) is 150 cm³/mol. The molecule has 0 aromatic heterocycles. The number of rotatable bonds is 5. The lowest BCUT2D eigenvalue weighted by Gasteiger charge is -2.32. The molecule has 4 nitrogen and oxygen atoms in total. The van der Waals surface area contributed by atoms with Gasteiger partial charge < -0.3 is 19.4 Å². The van der Waals surface area contributed by atoms with E-state index in [1.165, 1.54) is 43.2 Å². The van der Waals surface area contributed by atoms with Crippen LogP contribution in [0.4, 0.5) is 21.5 Å². The van der Waals surface area contributed by atoms with E-state index in [2.05, 4.69) is 45.0 Å². The Morgan fingerprint density at radius 1 is 0.861 bits per heavy atom. The summed E-state index contributed by atoms with van der Waals surface area (Å²) >= 11 is 0. The second kappa shape index (κ2) is 11.7. The van der Waals surface area contributed by atoms with Crippen LogP contribution in [0.25, 0.3) is 0 Å². The predicted octanol–water partition coefficient (Wildman–Crippen LogP) is 6.62. The Balaban J connectivity index is 0.00000152. The van der Waals surface area contributed by atoms with Gasteiger partial charge in [0.2, 0.25) is 0 Å². The van der Waals surface area contributed by atoms with Crippen molar-refractivity contribution in [1.82, 2.24) is 4.90 Å². The number of nitrogens with zero attached hydrogens (tertiary/aromatic N) is 3. The highest BCUT2D eigenvalue weighted by atomic mass is 35.5. The van der Waals surface area contributed by atoms with E-state index in [0.29, 0.717) is 12.6 Å². The van der Waals surface area contributed by atoms with E-state index in [-0.39, 0.29) is 30.6 Å². The van der Waals surface area contributed by atoms with Crippen molar-refractivity contribution in [2.45, 2.75) is 38.3 Å². The van der Waals surface area contributed by atoms with Crippen molar-refractivity contribution in [3.63, 3.8) is 0 Å². The van der Waals surface area contributed by atoms with Crippen LogP contribution in [-0.2, 0) is 13.0 Å². The topological polar surface area (TPSA) is 19.0 Å². The van der Waals surface area contributed by atoms with Crippen LogP contribution in [0, 0.1) is 5.82 Å². The summed E-state index contributed by atoms with van der Waals surface area (Å²) in [6, 6.07) is 22.6. The Hall–Kier alpha value is -2.47. The standard InChI is InChI=1S/C29H32FN3O.2ClH/c30-24-11-10-23-21-34-29-9-2-1-8-27(29)33(28(23)19-24)26-13-17-31(20-26)16-12-22-6-5-7-25(18-22)32-14-3-4-15-32;;/h1-2,5-11,18-19,26H,3-4,12-17,20-21H2;2*1H/t26-;;/m1../s1. The fourth-order valence-electron chi connectivity index (χ4n) is 5.74. The third-order valence-corrected chi connectivity index (χ3v) is 7.53. The van der Waals surface area contributed by atoms with Crippen molar-refractivity contribution in [2.24, 2.45) is 0 Å². The van der Waals surface area contributed by atoms with Crippen molar-refractivity contribution >= 4 is 41.9 Å². The van der Waals surface area contributed by atoms with Crippen LogP contribution in [0.5, 0.6) is 5.75 Å². The highest BCUT2D eigenvalue weighted by Crippen LogP contribution is 2.42. The average molecular weight is 531 g/mol. The number of anilines is 3. The SMILES string of the molecule is Cl.Cl.Fc1ccc2c(c1)N([C@@H]1CCN(CCc3cccc(N4CCCC4)c3)C1)c1ccccc1OC2. The Kier molecular flexibility index (Phi) is 8.66. The van der Waals surface area contributed by atoms with Crippen LogP contribution >= 0.6 is 24.8 Å². The summed E-state index contributed by atoms with van der Waals surface area (Å²) in [4.78, 5) is 7.39. The molecule has 0 aliphatic carbocycles. The molecule has 36 heavy (non-hydrogen) atoms. The van der Waals surface area contributed by atoms with Gasteiger partial charge >= 0.3 is 0 Å². The van der Waals surface area contributed by atoms with Crippen LogP contribution in [-0.4, -0.2) is 43.7 Å². The summed E-state index contributed by atoms with van der Waals surface area (Å²) in [6.07, 6.45) is 4.71. The normalized spacial score (nSPS) is 19.0. The van der Waals surface area contributed by atoms with Gasteiger partial charge in [0.25, 0.3) is 0 Å². The van der Waals surface area contributed by atoms with E-state index in [4.69, 9.17) is 4.74 Å². The molecule has 0 unspecified atom stereocenters. The first kappa shape index (κ1) is 26.6. The number of ether oxygens (including phenoxy) is 1. The fourth-order valence-corrected chi connectivity index (χ4v) is 5.74. The molecule has 1 atom stereocenters. The first-order valence-corrected chi connectivity index (χ1v) is 12.6. The van der Waals surface area contributed by atoms with E-state index in [9.17, 15) is 4.39 Å². The molecular formula is C29H34Cl2FN3O. The Labute approximate surface area is 225 Å². The zero-order chi connectivity index (χ0) is 22.9. The van der Waals surface area contributed by atoms with Gasteiger partial charge in [0.1, 0.15) is 18.2 Å². The van der Waals surface area contributed by atoms with E-state index >= 15 is 0 Å². The minimum absolute atomic E-state index is 0. The molecule has 0 N–H and O–H groups in total. The summed E-state index contributed by atoms with van der Waals surface area (Å²) in [6.45, 7) is 5.90. The van der Waals surface area contributed by atoms with Gasteiger partial charge in [-0.3, -0.25) is 0 Å². The summed E-state index contributed by atoms with van der Waals surface area (Å²) in [5, 5.41) is 0. The van der Waals surface area contributed by atoms with Crippen LogP contribution in [0.1, 0.15) is 30.4 Å². The minimum atomic E-state index is -0.198. The number of fused-ring (bicyclic) bond motifs is 2. The van der Waals surface area contributed by atoms with Crippen LogP contribution in [0.3, 0.4) is 0 Å². The molecule has 2 saturated heterocycles. The van der Waals surface area contributed by atoms with Crippen LogP contribution in [0.15, 0.2) is 66.7 Å². The van der Waals surface area contributed by atoms with E-state index in [1.54, 1.807) is 6.07 Å². The molecule has 7 heteroatoms.